The molecule has 0 unspecified atom stereocenters. The van der Waals surface area contributed by atoms with Crippen LogP contribution in [0.2, 0.25) is 0 Å². The molecule has 4 heteroatoms. The van der Waals surface area contributed by atoms with Gasteiger partial charge in [0.15, 0.2) is 0 Å². The number of ether oxygens (including phenoxy) is 1. The topological polar surface area (TPSA) is 51.5 Å². The number of hydrogen-bond donors (Lipinski definition) is 1. The zero-order valence-electron chi connectivity index (χ0n) is 20.0. The van der Waals surface area contributed by atoms with Crippen molar-refractivity contribution in [1.82, 2.24) is 0 Å². The first kappa shape index (κ1) is 22.4. The quantitative estimate of drug-likeness (QED) is 0.330. The van der Waals surface area contributed by atoms with Crippen molar-refractivity contribution in [3.63, 3.8) is 0 Å². The smallest absolute Gasteiger partial charge is 0.248 e. The van der Waals surface area contributed by atoms with E-state index in [4.69, 9.17) is 9.15 Å². The Morgan fingerprint density at radius 2 is 1.67 bits per heavy atom. The van der Waals surface area contributed by atoms with Gasteiger partial charge in [0.05, 0.1) is 13.4 Å². The maximum Gasteiger partial charge on any atom is 0.248 e. The molecule has 0 bridgehead atoms. The third kappa shape index (κ3) is 4.42. The molecule has 0 aliphatic carbocycles. The molecule has 0 fully saturated rings. The molecule has 0 saturated heterocycles. The highest BCUT2D eigenvalue weighted by atomic mass is 16.5. The second-order valence-electron chi connectivity index (χ2n) is 8.61. The average Bonchev–Trinajstić information content (AvgIpc) is 3.20. The number of aryl methyl sites for hydroxylation is 4. The third-order valence-electron chi connectivity index (χ3n) is 6.02. The van der Waals surface area contributed by atoms with Gasteiger partial charge in [0.2, 0.25) is 5.91 Å². The van der Waals surface area contributed by atoms with E-state index in [-0.39, 0.29) is 5.91 Å². The molecule has 4 nitrogen and oxygen atoms in total. The standard InChI is InChI=1S/C29H29NO3/c1-17-7-10-22(11-8-17)25-16-33-29-21(5)28(32-6)23(15-24(25)29)19(3)14-27(31)30-26-12-9-18(2)13-20(26)4/h7-16H,1-6H3,(H,30,31)/b19-14+. The van der Waals surface area contributed by atoms with Gasteiger partial charge in [-0.05, 0) is 63.5 Å². The molecule has 168 valence electrons. The average molecular weight is 440 g/mol. The van der Waals surface area contributed by atoms with Crippen molar-refractivity contribution >= 4 is 28.1 Å². The summed E-state index contributed by atoms with van der Waals surface area (Å²) in [5.74, 6) is 0.533. The lowest BCUT2D eigenvalue weighted by Crippen LogP contribution is -2.10. The lowest BCUT2D eigenvalue weighted by atomic mass is 9.96. The van der Waals surface area contributed by atoms with Crippen LogP contribution in [0.5, 0.6) is 5.75 Å². The summed E-state index contributed by atoms with van der Waals surface area (Å²) in [6.07, 6.45) is 3.41. The van der Waals surface area contributed by atoms with E-state index in [2.05, 4.69) is 48.6 Å². The van der Waals surface area contributed by atoms with Crippen LogP contribution >= 0.6 is 0 Å². The molecular weight excluding hydrogens is 410 g/mol. The number of nitrogens with one attached hydrogen (secondary N) is 1. The van der Waals surface area contributed by atoms with Crippen LogP contribution in [0.4, 0.5) is 5.69 Å². The van der Waals surface area contributed by atoms with Gasteiger partial charge in [-0.1, -0.05) is 47.5 Å². The van der Waals surface area contributed by atoms with Gasteiger partial charge >= 0.3 is 0 Å². The van der Waals surface area contributed by atoms with Gasteiger partial charge in [0.25, 0.3) is 0 Å². The summed E-state index contributed by atoms with van der Waals surface area (Å²) in [6.45, 7) is 10.0. The molecule has 1 heterocycles. The Labute approximate surface area is 194 Å². The number of methoxy groups -OCH3 is 1. The molecule has 0 radical (unpaired) electrons. The van der Waals surface area contributed by atoms with E-state index < -0.39 is 0 Å². The molecule has 0 atom stereocenters. The number of fused-ring (bicyclic) bond motifs is 1. The van der Waals surface area contributed by atoms with Gasteiger partial charge < -0.3 is 14.5 Å². The number of carbonyl (C=O) groups is 1. The number of rotatable bonds is 5. The predicted octanol–water partition coefficient (Wildman–Crippen LogP) is 7.38. The molecule has 1 aromatic heterocycles. The van der Waals surface area contributed by atoms with E-state index in [1.54, 1.807) is 19.4 Å². The van der Waals surface area contributed by atoms with E-state index in [1.807, 2.05) is 39.8 Å². The minimum absolute atomic E-state index is 0.176. The van der Waals surface area contributed by atoms with Gasteiger partial charge in [-0.2, -0.15) is 0 Å². The van der Waals surface area contributed by atoms with E-state index >= 15 is 0 Å². The Morgan fingerprint density at radius 3 is 2.33 bits per heavy atom. The zero-order chi connectivity index (χ0) is 23.7. The summed E-state index contributed by atoms with van der Waals surface area (Å²) in [4.78, 5) is 12.8. The summed E-state index contributed by atoms with van der Waals surface area (Å²) in [6, 6.07) is 16.4. The van der Waals surface area contributed by atoms with E-state index in [0.29, 0.717) is 5.75 Å². The highest BCUT2D eigenvalue weighted by molar-refractivity contribution is 6.06. The summed E-state index contributed by atoms with van der Waals surface area (Å²) in [5.41, 5.74) is 9.70. The molecule has 0 aliphatic heterocycles. The summed E-state index contributed by atoms with van der Waals surface area (Å²) in [7, 11) is 1.64. The second-order valence-corrected chi connectivity index (χ2v) is 8.61. The molecule has 1 N–H and O–H groups in total. The van der Waals surface area contributed by atoms with Gasteiger partial charge in [-0.25, -0.2) is 0 Å². The van der Waals surface area contributed by atoms with Crippen molar-refractivity contribution in [1.29, 1.82) is 0 Å². The monoisotopic (exact) mass is 439 g/mol. The van der Waals surface area contributed by atoms with Crippen LogP contribution in [0.15, 0.2) is 65.3 Å². The van der Waals surface area contributed by atoms with Gasteiger partial charge in [0.1, 0.15) is 11.3 Å². The maximum atomic E-state index is 12.8. The number of furan rings is 1. The molecule has 0 aliphatic rings. The SMILES string of the molecule is COc1c(/C(C)=C/C(=O)Nc2ccc(C)cc2C)cc2c(-c3ccc(C)cc3)coc2c1C. The number of allylic oxidation sites excluding steroid dienone is 1. The molecule has 33 heavy (non-hydrogen) atoms. The van der Waals surface area contributed by atoms with Crippen molar-refractivity contribution < 1.29 is 13.9 Å². The molecule has 0 spiro atoms. The number of carbonyl (C=O) groups excluding carboxylic acids is 1. The Balaban J connectivity index is 1.75. The first-order valence-electron chi connectivity index (χ1n) is 11.0. The normalized spacial score (nSPS) is 11.6. The van der Waals surface area contributed by atoms with Crippen LogP contribution in [0, 0.1) is 27.7 Å². The number of anilines is 1. The van der Waals surface area contributed by atoms with Crippen molar-refractivity contribution in [3.05, 3.63) is 88.7 Å². The summed E-state index contributed by atoms with van der Waals surface area (Å²) in [5, 5.41) is 3.99. The van der Waals surface area contributed by atoms with Crippen LogP contribution in [0.3, 0.4) is 0 Å². The highest BCUT2D eigenvalue weighted by Gasteiger charge is 2.19. The number of benzene rings is 3. The fraction of sp³-hybridized carbons (Fsp3) is 0.207. The van der Waals surface area contributed by atoms with E-state index in [1.165, 1.54) is 5.56 Å². The predicted molar refractivity (Wildman–Crippen MR) is 136 cm³/mol. The van der Waals surface area contributed by atoms with Crippen LogP contribution in [-0.2, 0) is 4.79 Å². The second kappa shape index (κ2) is 8.99. The van der Waals surface area contributed by atoms with Crippen LogP contribution in [0.1, 0.15) is 34.7 Å². The van der Waals surface area contributed by atoms with Crippen LogP contribution < -0.4 is 10.1 Å². The highest BCUT2D eigenvalue weighted by Crippen LogP contribution is 2.40. The van der Waals surface area contributed by atoms with Crippen molar-refractivity contribution in [2.45, 2.75) is 34.6 Å². The largest absolute Gasteiger partial charge is 0.496 e. The lowest BCUT2D eigenvalue weighted by Gasteiger charge is -2.14. The fourth-order valence-corrected chi connectivity index (χ4v) is 4.23. The minimum Gasteiger partial charge on any atom is -0.496 e. The van der Waals surface area contributed by atoms with E-state index in [0.717, 1.165) is 55.6 Å². The first-order valence-corrected chi connectivity index (χ1v) is 11.0. The lowest BCUT2D eigenvalue weighted by molar-refractivity contribution is -0.111. The van der Waals surface area contributed by atoms with Gasteiger partial charge in [0, 0.05) is 33.8 Å². The summed E-state index contributed by atoms with van der Waals surface area (Å²) >= 11 is 0. The molecule has 0 saturated carbocycles. The van der Waals surface area contributed by atoms with Gasteiger partial charge in [-0.3, -0.25) is 4.79 Å². The first-order chi connectivity index (χ1) is 15.8. The summed E-state index contributed by atoms with van der Waals surface area (Å²) < 4.78 is 11.7. The number of hydrogen-bond acceptors (Lipinski definition) is 3. The Hall–Kier alpha value is -3.79. The molecule has 4 rings (SSSR count). The minimum atomic E-state index is -0.176. The Morgan fingerprint density at radius 1 is 0.970 bits per heavy atom. The molecule has 1 amide bonds. The third-order valence-corrected chi connectivity index (χ3v) is 6.02. The van der Waals surface area contributed by atoms with Crippen molar-refractivity contribution in [3.8, 4) is 16.9 Å². The van der Waals surface area contributed by atoms with Crippen LogP contribution in [-0.4, -0.2) is 13.0 Å². The molecular formula is C29H29NO3. The zero-order valence-corrected chi connectivity index (χ0v) is 20.0. The van der Waals surface area contributed by atoms with Crippen LogP contribution in [0.25, 0.3) is 27.7 Å². The van der Waals surface area contributed by atoms with E-state index in [9.17, 15) is 4.79 Å². The number of amides is 1. The molecule has 4 aromatic rings. The van der Waals surface area contributed by atoms with Gasteiger partial charge in [-0.15, -0.1) is 0 Å². The molecule has 3 aromatic carbocycles. The fourth-order valence-electron chi connectivity index (χ4n) is 4.23. The van der Waals surface area contributed by atoms with Crippen molar-refractivity contribution in [2.24, 2.45) is 0 Å². The Bertz CT molecular complexity index is 1370. The van der Waals surface area contributed by atoms with Crippen molar-refractivity contribution in [2.75, 3.05) is 12.4 Å². The Kier molecular flexibility index (Phi) is 6.10. The maximum absolute atomic E-state index is 12.8.